The maximum absolute atomic E-state index is 13.4. The zero-order chi connectivity index (χ0) is 16.4. The van der Waals surface area contributed by atoms with Crippen LogP contribution < -0.4 is 5.14 Å². The van der Waals surface area contributed by atoms with Crippen molar-refractivity contribution in [2.45, 2.75) is 4.90 Å². The smallest absolute Gasteiger partial charge is 0.253 e. The first kappa shape index (κ1) is 17.5. The third kappa shape index (κ3) is 5.40. The first-order valence-electron chi connectivity index (χ1n) is 5.67. The molecule has 2 N–H and O–H groups in total. The van der Waals surface area contributed by atoms with E-state index >= 15 is 0 Å². The van der Waals surface area contributed by atoms with Crippen LogP contribution in [0, 0.1) is 5.82 Å². The largest absolute Gasteiger partial charge is 0.341 e. The zero-order valence-corrected chi connectivity index (χ0v) is 13.0. The number of carbonyl (C=O) groups is 1. The highest BCUT2D eigenvalue weighted by molar-refractivity contribution is 7.90. The monoisotopic (exact) mass is 338 g/mol. The number of amides is 1. The van der Waals surface area contributed by atoms with Crippen LogP contribution in [0.4, 0.5) is 4.39 Å². The molecule has 0 heterocycles. The van der Waals surface area contributed by atoms with Crippen LogP contribution >= 0.6 is 0 Å². The predicted molar refractivity (Wildman–Crippen MR) is 74.4 cm³/mol. The lowest BCUT2D eigenvalue weighted by atomic mass is 10.2. The molecule has 1 amide bonds. The number of hydrogen-bond donors (Lipinski definition) is 1. The normalized spacial score (nSPS) is 12.2. The molecule has 0 saturated carbocycles. The van der Waals surface area contributed by atoms with Crippen LogP contribution in [0.15, 0.2) is 23.1 Å². The number of sulfone groups is 1. The third-order valence-electron chi connectivity index (χ3n) is 2.59. The molecular weight excluding hydrogens is 323 g/mol. The second kappa shape index (κ2) is 6.08. The molecule has 0 saturated heterocycles. The van der Waals surface area contributed by atoms with E-state index in [-0.39, 0.29) is 17.9 Å². The van der Waals surface area contributed by atoms with E-state index in [9.17, 15) is 26.0 Å². The average molecular weight is 338 g/mol. The van der Waals surface area contributed by atoms with Crippen LogP contribution in [0.1, 0.15) is 10.4 Å². The number of sulfonamides is 1. The number of rotatable bonds is 5. The molecule has 0 aliphatic heterocycles. The molecule has 7 nitrogen and oxygen atoms in total. The minimum Gasteiger partial charge on any atom is -0.341 e. The fraction of sp³-hybridized carbons (Fsp3) is 0.364. The van der Waals surface area contributed by atoms with Crippen molar-refractivity contribution in [3.63, 3.8) is 0 Å². The minimum absolute atomic E-state index is 0.0983. The molecule has 21 heavy (non-hydrogen) atoms. The van der Waals surface area contributed by atoms with E-state index in [4.69, 9.17) is 5.14 Å². The van der Waals surface area contributed by atoms with E-state index in [0.29, 0.717) is 6.07 Å². The summed E-state index contributed by atoms with van der Waals surface area (Å²) in [5.74, 6) is -1.89. The van der Waals surface area contributed by atoms with Crippen LogP contribution in [0.5, 0.6) is 0 Å². The molecule has 10 heteroatoms. The van der Waals surface area contributed by atoms with Crippen molar-refractivity contribution in [2.75, 3.05) is 25.6 Å². The number of nitrogens with zero attached hydrogens (tertiary/aromatic N) is 1. The fourth-order valence-corrected chi connectivity index (χ4v) is 2.65. The Kier molecular flexibility index (Phi) is 5.07. The van der Waals surface area contributed by atoms with Gasteiger partial charge < -0.3 is 4.90 Å². The van der Waals surface area contributed by atoms with Gasteiger partial charge in [0.15, 0.2) is 0 Å². The third-order valence-corrected chi connectivity index (χ3v) is 4.41. The average Bonchev–Trinajstić information content (AvgIpc) is 2.32. The summed E-state index contributed by atoms with van der Waals surface area (Å²) >= 11 is 0. The summed E-state index contributed by atoms with van der Waals surface area (Å²) < 4.78 is 57.8. The molecule has 0 radical (unpaired) electrons. The minimum atomic E-state index is -4.15. The zero-order valence-electron chi connectivity index (χ0n) is 11.4. The number of primary sulfonamides is 1. The van der Waals surface area contributed by atoms with Gasteiger partial charge in [-0.1, -0.05) is 0 Å². The van der Waals surface area contributed by atoms with Crippen LogP contribution in [-0.2, 0) is 19.9 Å². The lowest BCUT2D eigenvalue weighted by molar-refractivity contribution is 0.0802. The van der Waals surface area contributed by atoms with E-state index in [1.54, 1.807) is 0 Å². The predicted octanol–water partition coefficient (Wildman–Crippen LogP) is -0.410. The van der Waals surface area contributed by atoms with Crippen molar-refractivity contribution in [3.8, 4) is 0 Å². The van der Waals surface area contributed by atoms with Crippen LogP contribution in [0.25, 0.3) is 0 Å². The number of carbonyl (C=O) groups excluding carboxylic acids is 1. The van der Waals surface area contributed by atoms with Crippen molar-refractivity contribution < 1.29 is 26.0 Å². The van der Waals surface area contributed by atoms with E-state index in [0.717, 1.165) is 23.3 Å². The van der Waals surface area contributed by atoms with E-state index in [1.165, 1.54) is 7.05 Å². The molecule has 1 aromatic rings. The van der Waals surface area contributed by atoms with Crippen molar-refractivity contribution in [2.24, 2.45) is 5.14 Å². The van der Waals surface area contributed by atoms with Crippen molar-refractivity contribution in [1.29, 1.82) is 0 Å². The van der Waals surface area contributed by atoms with Gasteiger partial charge in [-0.15, -0.1) is 0 Å². The first-order chi connectivity index (χ1) is 9.40. The molecule has 0 aliphatic rings. The summed E-state index contributed by atoms with van der Waals surface area (Å²) in [6.45, 7) is -0.0983. The molecule has 1 aromatic carbocycles. The first-order valence-corrected chi connectivity index (χ1v) is 9.27. The molecule has 0 fully saturated rings. The van der Waals surface area contributed by atoms with Gasteiger partial charge in [0, 0.05) is 25.4 Å². The standard InChI is InChI=1S/C11H15FN2O5S2/c1-14(3-4-20(2,16)17)11(15)8-5-9(12)7-10(6-8)21(13,18)19/h5-7H,3-4H2,1-2H3,(H2,13,18,19). The highest BCUT2D eigenvalue weighted by atomic mass is 32.2. The molecule has 0 unspecified atom stereocenters. The summed E-state index contributed by atoms with van der Waals surface area (Å²) in [4.78, 5) is 12.6. The Morgan fingerprint density at radius 1 is 1.24 bits per heavy atom. The van der Waals surface area contributed by atoms with Crippen LogP contribution in [0.2, 0.25) is 0 Å². The van der Waals surface area contributed by atoms with Crippen molar-refractivity contribution >= 4 is 25.8 Å². The van der Waals surface area contributed by atoms with E-state index in [1.807, 2.05) is 0 Å². The van der Waals surface area contributed by atoms with E-state index < -0.39 is 36.5 Å². The van der Waals surface area contributed by atoms with Gasteiger partial charge in [-0.25, -0.2) is 26.4 Å². The molecule has 118 valence electrons. The summed E-state index contributed by atoms with van der Waals surface area (Å²) in [5, 5.41) is 4.89. The Morgan fingerprint density at radius 3 is 2.29 bits per heavy atom. The van der Waals surface area contributed by atoms with Gasteiger partial charge in [-0.3, -0.25) is 4.79 Å². The summed E-state index contributed by atoms with van der Waals surface area (Å²) in [7, 11) is -6.08. The molecule has 0 atom stereocenters. The quantitative estimate of drug-likeness (QED) is 0.784. The molecular formula is C11H15FN2O5S2. The van der Waals surface area contributed by atoms with Crippen molar-refractivity contribution in [1.82, 2.24) is 4.90 Å². The fourth-order valence-electron chi connectivity index (χ4n) is 1.48. The van der Waals surface area contributed by atoms with Crippen LogP contribution in [0.3, 0.4) is 0 Å². The Bertz CT molecular complexity index is 759. The van der Waals surface area contributed by atoms with Gasteiger partial charge in [-0.2, -0.15) is 0 Å². The molecule has 0 spiro atoms. The number of benzene rings is 1. The Labute approximate surface area is 122 Å². The second-order valence-electron chi connectivity index (χ2n) is 4.58. The topological polar surface area (TPSA) is 115 Å². The highest BCUT2D eigenvalue weighted by Crippen LogP contribution is 2.14. The molecule has 0 bridgehead atoms. The number of halogens is 1. The number of hydrogen-bond acceptors (Lipinski definition) is 5. The Morgan fingerprint density at radius 2 is 1.81 bits per heavy atom. The maximum Gasteiger partial charge on any atom is 0.253 e. The van der Waals surface area contributed by atoms with Gasteiger partial charge in [0.25, 0.3) is 5.91 Å². The van der Waals surface area contributed by atoms with Gasteiger partial charge >= 0.3 is 0 Å². The SMILES string of the molecule is CN(CCS(C)(=O)=O)C(=O)c1cc(F)cc(S(N)(=O)=O)c1. The molecule has 0 aromatic heterocycles. The van der Waals surface area contributed by atoms with Crippen molar-refractivity contribution in [3.05, 3.63) is 29.6 Å². The summed E-state index contributed by atoms with van der Waals surface area (Å²) in [6, 6.07) is 2.49. The maximum atomic E-state index is 13.4. The molecule has 1 rings (SSSR count). The van der Waals surface area contributed by atoms with Gasteiger partial charge in [0.05, 0.1) is 10.6 Å². The summed E-state index contributed by atoms with van der Waals surface area (Å²) in [6.07, 6.45) is 1.02. The Balaban J connectivity index is 3.05. The van der Waals surface area contributed by atoms with Gasteiger partial charge in [-0.05, 0) is 18.2 Å². The number of nitrogens with two attached hydrogens (primary N) is 1. The Hall–Kier alpha value is -1.52. The summed E-state index contributed by atoms with van der Waals surface area (Å²) in [5.41, 5.74) is -0.227. The van der Waals surface area contributed by atoms with Gasteiger partial charge in [0.2, 0.25) is 10.0 Å². The lowest BCUT2D eigenvalue weighted by Gasteiger charge is -2.17. The lowest BCUT2D eigenvalue weighted by Crippen LogP contribution is -2.31. The van der Waals surface area contributed by atoms with E-state index in [2.05, 4.69) is 0 Å². The highest BCUT2D eigenvalue weighted by Gasteiger charge is 2.18. The molecule has 0 aliphatic carbocycles. The van der Waals surface area contributed by atoms with Gasteiger partial charge in [0.1, 0.15) is 15.7 Å². The van der Waals surface area contributed by atoms with Crippen LogP contribution in [-0.4, -0.2) is 53.2 Å². The second-order valence-corrected chi connectivity index (χ2v) is 8.40.